The highest BCUT2D eigenvalue weighted by Gasteiger charge is 2.16. The highest BCUT2D eigenvalue weighted by Crippen LogP contribution is 2.16. The molecule has 0 unspecified atom stereocenters. The van der Waals surface area contributed by atoms with Gasteiger partial charge in [-0.2, -0.15) is 0 Å². The lowest BCUT2D eigenvalue weighted by Crippen LogP contribution is -2.20. The Kier molecular flexibility index (Phi) is 5.33. The van der Waals surface area contributed by atoms with Crippen molar-refractivity contribution >= 4 is 36.5 Å². The smallest absolute Gasteiger partial charge is 0.350 e. The fourth-order valence-electron chi connectivity index (χ4n) is 1.44. The second-order valence-corrected chi connectivity index (χ2v) is 3.01. The molecule has 2 rings (SSSR count). The third-order valence-electron chi connectivity index (χ3n) is 2.16. The topological polar surface area (TPSA) is 49.7 Å². The van der Waals surface area contributed by atoms with Crippen molar-refractivity contribution in [2.75, 3.05) is 0 Å². The molecule has 0 amide bonds. The Morgan fingerprint density at radius 1 is 1.20 bits per heavy atom. The van der Waals surface area contributed by atoms with Crippen LogP contribution in [0.5, 0.6) is 0 Å². The van der Waals surface area contributed by atoms with Crippen LogP contribution in [0.1, 0.15) is 11.1 Å². The minimum absolute atomic E-state index is 0. The molecule has 1 N–H and O–H groups in total. The summed E-state index contributed by atoms with van der Waals surface area (Å²) < 4.78 is 0. The molecule has 0 atom stereocenters. The second kappa shape index (κ2) is 5.73. The molecule has 1 heterocycles. The van der Waals surface area contributed by atoms with Crippen molar-refractivity contribution in [1.29, 1.82) is 0 Å². The van der Waals surface area contributed by atoms with Crippen LogP contribution >= 0.6 is 24.8 Å². The fourth-order valence-corrected chi connectivity index (χ4v) is 1.44. The largest absolute Gasteiger partial charge is 0.477 e. The number of halogens is 2. The van der Waals surface area contributed by atoms with Gasteiger partial charge in [0.05, 0.1) is 6.54 Å². The Hall–Kier alpha value is -1.06. The van der Waals surface area contributed by atoms with Crippen LogP contribution in [0.2, 0.25) is 0 Å². The molecular weight excluding hydrogens is 237 g/mol. The zero-order chi connectivity index (χ0) is 9.26. The third kappa shape index (κ3) is 2.94. The predicted octanol–water partition coefficient (Wildman–Crippen LogP) is 2.11. The zero-order valence-corrected chi connectivity index (χ0v) is 9.48. The second-order valence-electron chi connectivity index (χ2n) is 3.01. The number of aliphatic imine (C=N–C) groups is 1. The van der Waals surface area contributed by atoms with Gasteiger partial charge >= 0.3 is 5.97 Å². The number of hydrogen-bond acceptors (Lipinski definition) is 2. The number of carbonyl (C=O) groups is 1. The minimum Gasteiger partial charge on any atom is -0.477 e. The first-order valence-electron chi connectivity index (χ1n) is 4.11. The summed E-state index contributed by atoms with van der Waals surface area (Å²) in [5, 5.41) is 8.73. The Bertz CT molecular complexity index is 391. The highest BCUT2D eigenvalue weighted by molar-refractivity contribution is 6.36. The maximum absolute atomic E-state index is 10.6. The quantitative estimate of drug-likeness (QED) is 0.827. The van der Waals surface area contributed by atoms with Gasteiger partial charge in [0, 0.05) is 6.42 Å². The van der Waals surface area contributed by atoms with Crippen LogP contribution in [-0.2, 0) is 17.8 Å². The molecule has 0 bridgehead atoms. The molecule has 5 heteroatoms. The molecule has 0 saturated heterocycles. The number of rotatable bonds is 1. The van der Waals surface area contributed by atoms with Crippen molar-refractivity contribution < 1.29 is 9.90 Å². The van der Waals surface area contributed by atoms with Gasteiger partial charge in [-0.25, -0.2) is 4.79 Å². The van der Waals surface area contributed by atoms with Crippen molar-refractivity contribution in [1.82, 2.24) is 0 Å². The minimum atomic E-state index is -0.908. The molecule has 0 spiro atoms. The maximum Gasteiger partial charge on any atom is 0.350 e. The standard InChI is InChI=1S/C10H9NO2.2ClH/c12-10(13)9-5-7-3-1-2-4-8(7)6-11-9;;/h1-4H,5-6H2,(H,12,13);2*1H. The van der Waals surface area contributed by atoms with E-state index < -0.39 is 5.97 Å². The number of hydrogen-bond donors (Lipinski definition) is 1. The summed E-state index contributed by atoms with van der Waals surface area (Å²) in [7, 11) is 0. The van der Waals surface area contributed by atoms with Gasteiger partial charge < -0.3 is 5.11 Å². The van der Waals surface area contributed by atoms with E-state index in [-0.39, 0.29) is 30.5 Å². The molecule has 0 aromatic heterocycles. The lowest BCUT2D eigenvalue weighted by Gasteiger charge is -2.12. The summed E-state index contributed by atoms with van der Waals surface area (Å²) in [6, 6.07) is 7.80. The molecule has 82 valence electrons. The van der Waals surface area contributed by atoms with Gasteiger partial charge in [0.25, 0.3) is 0 Å². The van der Waals surface area contributed by atoms with Crippen molar-refractivity contribution in [2.45, 2.75) is 13.0 Å². The molecule has 1 aromatic rings. The SMILES string of the molecule is Cl.Cl.O=C(O)C1=NCc2ccccc2C1. The summed E-state index contributed by atoms with van der Waals surface area (Å²) in [5.74, 6) is -0.908. The van der Waals surface area contributed by atoms with Crippen molar-refractivity contribution in [3.05, 3.63) is 35.4 Å². The van der Waals surface area contributed by atoms with Crippen LogP contribution in [-0.4, -0.2) is 16.8 Å². The molecule has 0 fully saturated rings. The number of benzene rings is 1. The maximum atomic E-state index is 10.6. The fraction of sp³-hybridized carbons (Fsp3) is 0.200. The van der Waals surface area contributed by atoms with E-state index in [1.807, 2.05) is 24.3 Å². The van der Waals surface area contributed by atoms with Gasteiger partial charge in [0.1, 0.15) is 5.71 Å². The third-order valence-corrected chi connectivity index (χ3v) is 2.16. The lowest BCUT2D eigenvalue weighted by molar-refractivity contribution is -0.129. The van der Waals surface area contributed by atoms with Crippen LogP contribution in [0, 0.1) is 0 Å². The molecule has 15 heavy (non-hydrogen) atoms. The molecule has 1 aromatic carbocycles. The summed E-state index contributed by atoms with van der Waals surface area (Å²) >= 11 is 0. The Morgan fingerprint density at radius 2 is 1.80 bits per heavy atom. The average molecular weight is 248 g/mol. The number of carboxylic acid groups (broad SMARTS) is 1. The zero-order valence-electron chi connectivity index (χ0n) is 7.84. The number of aliphatic carboxylic acids is 1. The van der Waals surface area contributed by atoms with Gasteiger partial charge in [-0.1, -0.05) is 24.3 Å². The first-order chi connectivity index (χ1) is 6.27. The first-order valence-corrected chi connectivity index (χ1v) is 4.11. The van der Waals surface area contributed by atoms with E-state index in [1.165, 1.54) is 0 Å². The van der Waals surface area contributed by atoms with Crippen LogP contribution in [0.25, 0.3) is 0 Å². The van der Waals surface area contributed by atoms with E-state index in [0.717, 1.165) is 11.1 Å². The number of fused-ring (bicyclic) bond motifs is 1. The van der Waals surface area contributed by atoms with E-state index in [1.54, 1.807) is 0 Å². The van der Waals surface area contributed by atoms with E-state index in [2.05, 4.69) is 4.99 Å². The van der Waals surface area contributed by atoms with Crippen molar-refractivity contribution in [3.8, 4) is 0 Å². The predicted molar refractivity (Wildman–Crippen MR) is 63.4 cm³/mol. The summed E-state index contributed by atoms with van der Waals surface area (Å²) in [6.45, 7) is 0.498. The Morgan fingerprint density at radius 3 is 2.40 bits per heavy atom. The van der Waals surface area contributed by atoms with Gasteiger partial charge in [0.15, 0.2) is 0 Å². The van der Waals surface area contributed by atoms with E-state index >= 15 is 0 Å². The first kappa shape index (κ1) is 13.9. The number of nitrogens with zero attached hydrogens (tertiary/aromatic N) is 1. The molecule has 1 aliphatic heterocycles. The monoisotopic (exact) mass is 247 g/mol. The van der Waals surface area contributed by atoms with Crippen LogP contribution in [0.15, 0.2) is 29.3 Å². The Balaban J connectivity index is 0.000000980. The summed E-state index contributed by atoms with van der Waals surface area (Å²) in [6.07, 6.45) is 0.450. The van der Waals surface area contributed by atoms with Crippen LogP contribution in [0.3, 0.4) is 0 Å². The summed E-state index contributed by atoms with van der Waals surface area (Å²) in [4.78, 5) is 14.6. The molecule has 0 saturated carbocycles. The molecule has 0 radical (unpaired) electrons. The molecule has 0 aliphatic carbocycles. The van der Waals surface area contributed by atoms with Gasteiger partial charge in [-0.05, 0) is 11.1 Å². The molecule has 1 aliphatic rings. The van der Waals surface area contributed by atoms with Crippen molar-refractivity contribution in [2.24, 2.45) is 4.99 Å². The molecule has 3 nitrogen and oxygen atoms in total. The van der Waals surface area contributed by atoms with Gasteiger partial charge in [-0.3, -0.25) is 4.99 Å². The van der Waals surface area contributed by atoms with E-state index in [4.69, 9.17) is 5.11 Å². The van der Waals surface area contributed by atoms with Crippen molar-refractivity contribution in [3.63, 3.8) is 0 Å². The van der Waals surface area contributed by atoms with E-state index in [9.17, 15) is 4.79 Å². The average Bonchev–Trinajstić information content (AvgIpc) is 2.17. The normalized spacial score (nSPS) is 12.7. The van der Waals surface area contributed by atoms with Crippen LogP contribution < -0.4 is 0 Å². The Labute approximate surface area is 100 Å². The van der Waals surface area contributed by atoms with E-state index in [0.29, 0.717) is 13.0 Å². The van der Waals surface area contributed by atoms with Gasteiger partial charge in [-0.15, -0.1) is 24.8 Å². The lowest BCUT2D eigenvalue weighted by atomic mass is 9.99. The molecular formula is C10H11Cl2NO2. The van der Waals surface area contributed by atoms with Crippen LogP contribution in [0.4, 0.5) is 0 Å². The van der Waals surface area contributed by atoms with Gasteiger partial charge in [0.2, 0.25) is 0 Å². The number of carboxylic acids is 1. The highest BCUT2D eigenvalue weighted by atomic mass is 35.5. The summed E-state index contributed by atoms with van der Waals surface area (Å²) in [5.41, 5.74) is 2.47.